The van der Waals surface area contributed by atoms with Gasteiger partial charge in [0, 0.05) is 31.6 Å². The van der Waals surface area contributed by atoms with Gasteiger partial charge in [-0.05, 0) is 44.6 Å². The highest BCUT2D eigenvalue weighted by atomic mass is 16.2. The molecule has 0 bridgehead atoms. The van der Waals surface area contributed by atoms with Gasteiger partial charge in [0.05, 0.1) is 0 Å². The van der Waals surface area contributed by atoms with Crippen LogP contribution in [0.5, 0.6) is 0 Å². The summed E-state index contributed by atoms with van der Waals surface area (Å²) in [6.07, 6.45) is 11.3. The molecular weight excluding hydrogens is 276 g/mol. The Labute approximate surface area is 133 Å². The summed E-state index contributed by atoms with van der Waals surface area (Å²) < 4.78 is 0. The SMILES string of the molecule is C=CC(=O)N1CCC(N(CCC)C(=O)[C@@H]2CC=CCC2)CC1. The molecule has 0 N–H and O–H groups in total. The van der Waals surface area contributed by atoms with E-state index in [1.165, 1.54) is 6.08 Å². The molecule has 2 amide bonds. The molecule has 1 saturated heterocycles. The zero-order valence-electron chi connectivity index (χ0n) is 13.7. The molecule has 22 heavy (non-hydrogen) atoms. The van der Waals surface area contributed by atoms with Crippen molar-refractivity contribution in [2.75, 3.05) is 19.6 Å². The number of nitrogens with zero attached hydrogens (tertiary/aromatic N) is 2. The van der Waals surface area contributed by atoms with Crippen molar-refractivity contribution in [2.45, 2.75) is 51.5 Å². The van der Waals surface area contributed by atoms with Crippen LogP contribution in [0.15, 0.2) is 24.8 Å². The highest BCUT2D eigenvalue weighted by molar-refractivity contribution is 5.87. The van der Waals surface area contributed by atoms with E-state index in [4.69, 9.17) is 0 Å². The summed E-state index contributed by atoms with van der Waals surface area (Å²) in [6.45, 7) is 7.96. The Balaban J connectivity index is 1.96. The predicted molar refractivity (Wildman–Crippen MR) is 88.3 cm³/mol. The third-order valence-electron chi connectivity index (χ3n) is 4.76. The molecule has 0 radical (unpaired) electrons. The lowest BCUT2D eigenvalue weighted by molar-refractivity contribution is -0.139. The summed E-state index contributed by atoms with van der Waals surface area (Å²) in [5.74, 6) is 0.480. The molecule has 0 spiro atoms. The Bertz CT molecular complexity index is 436. The first-order chi connectivity index (χ1) is 10.7. The van der Waals surface area contributed by atoms with Crippen molar-refractivity contribution < 1.29 is 9.59 Å². The topological polar surface area (TPSA) is 40.6 Å². The fourth-order valence-corrected chi connectivity index (χ4v) is 3.49. The zero-order chi connectivity index (χ0) is 15.9. The van der Waals surface area contributed by atoms with Crippen molar-refractivity contribution in [3.63, 3.8) is 0 Å². The van der Waals surface area contributed by atoms with E-state index in [9.17, 15) is 9.59 Å². The van der Waals surface area contributed by atoms with E-state index in [1.54, 1.807) is 0 Å². The van der Waals surface area contributed by atoms with Gasteiger partial charge in [0.15, 0.2) is 0 Å². The molecule has 4 heteroatoms. The minimum absolute atomic E-state index is 0.00392. The maximum Gasteiger partial charge on any atom is 0.245 e. The maximum absolute atomic E-state index is 12.9. The molecule has 122 valence electrons. The van der Waals surface area contributed by atoms with Crippen LogP contribution in [-0.4, -0.2) is 47.3 Å². The number of hydrogen-bond donors (Lipinski definition) is 0. The van der Waals surface area contributed by atoms with Crippen LogP contribution in [0.2, 0.25) is 0 Å². The van der Waals surface area contributed by atoms with Crippen molar-refractivity contribution in [3.8, 4) is 0 Å². The van der Waals surface area contributed by atoms with Gasteiger partial charge in [-0.2, -0.15) is 0 Å². The van der Waals surface area contributed by atoms with Gasteiger partial charge in [-0.15, -0.1) is 0 Å². The molecule has 2 aliphatic rings. The van der Waals surface area contributed by atoms with Crippen LogP contribution in [0.25, 0.3) is 0 Å². The molecule has 0 aromatic heterocycles. The maximum atomic E-state index is 12.9. The van der Waals surface area contributed by atoms with Crippen molar-refractivity contribution in [2.24, 2.45) is 5.92 Å². The quantitative estimate of drug-likeness (QED) is 0.579. The molecule has 0 aromatic carbocycles. The average molecular weight is 304 g/mol. The van der Waals surface area contributed by atoms with E-state index in [0.717, 1.165) is 58.2 Å². The van der Waals surface area contributed by atoms with E-state index < -0.39 is 0 Å². The largest absolute Gasteiger partial charge is 0.339 e. The number of hydrogen-bond acceptors (Lipinski definition) is 2. The Kier molecular flexibility index (Phi) is 6.22. The van der Waals surface area contributed by atoms with Crippen LogP contribution < -0.4 is 0 Å². The van der Waals surface area contributed by atoms with Gasteiger partial charge >= 0.3 is 0 Å². The van der Waals surface area contributed by atoms with Crippen LogP contribution in [0.1, 0.15) is 45.4 Å². The van der Waals surface area contributed by atoms with Crippen molar-refractivity contribution in [1.82, 2.24) is 9.80 Å². The van der Waals surface area contributed by atoms with Crippen LogP contribution in [0, 0.1) is 5.92 Å². The molecule has 1 fully saturated rings. The lowest BCUT2D eigenvalue weighted by atomic mass is 9.91. The Hall–Kier alpha value is -1.58. The number of carbonyl (C=O) groups excluding carboxylic acids is 2. The van der Waals surface area contributed by atoms with Gasteiger partial charge in [0.1, 0.15) is 0 Å². The van der Waals surface area contributed by atoms with E-state index in [1.807, 2.05) is 4.90 Å². The lowest BCUT2D eigenvalue weighted by Crippen LogP contribution is -2.50. The second-order valence-corrected chi connectivity index (χ2v) is 6.27. The summed E-state index contributed by atoms with van der Waals surface area (Å²) in [6, 6.07) is 0.284. The second kappa shape index (κ2) is 8.16. The zero-order valence-corrected chi connectivity index (χ0v) is 13.7. The third-order valence-corrected chi connectivity index (χ3v) is 4.76. The van der Waals surface area contributed by atoms with Crippen LogP contribution in [-0.2, 0) is 9.59 Å². The predicted octanol–water partition coefficient (Wildman–Crippen LogP) is 2.76. The van der Waals surface area contributed by atoms with Gasteiger partial charge in [-0.3, -0.25) is 9.59 Å². The van der Waals surface area contributed by atoms with Crippen LogP contribution in [0.4, 0.5) is 0 Å². The van der Waals surface area contributed by atoms with Crippen LogP contribution in [0.3, 0.4) is 0 Å². The van der Waals surface area contributed by atoms with E-state index in [0.29, 0.717) is 5.91 Å². The number of likely N-dealkylation sites (tertiary alicyclic amines) is 1. The van der Waals surface area contributed by atoms with Gasteiger partial charge in [0.25, 0.3) is 0 Å². The summed E-state index contributed by atoms with van der Waals surface area (Å²) in [5, 5.41) is 0. The fraction of sp³-hybridized carbons (Fsp3) is 0.667. The molecule has 2 rings (SSSR count). The number of rotatable bonds is 5. The molecule has 1 aliphatic carbocycles. The molecule has 4 nitrogen and oxygen atoms in total. The summed E-state index contributed by atoms with van der Waals surface area (Å²) in [7, 11) is 0. The van der Waals surface area contributed by atoms with Crippen LogP contribution >= 0.6 is 0 Å². The first-order valence-corrected chi connectivity index (χ1v) is 8.54. The molecular formula is C18H28N2O2. The molecule has 0 saturated carbocycles. The van der Waals surface area contributed by atoms with Gasteiger partial charge in [0.2, 0.25) is 11.8 Å². The Morgan fingerprint density at radius 1 is 1.27 bits per heavy atom. The first kappa shape index (κ1) is 16.8. The minimum Gasteiger partial charge on any atom is -0.339 e. The van der Waals surface area contributed by atoms with E-state index >= 15 is 0 Å². The number of carbonyl (C=O) groups is 2. The highest BCUT2D eigenvalue weighted by Crippen LogP contribution is 2.25. The Morgan fingerprint density at radius 2 is 2.00 bits per heavy atom. The fourth-order valence-electron chi connectivity index (χ4n) is 3.49. The third kappa shape index (κ3) is 3.99. The molecule has 1 atom stereocenters. The number of allylic oxidation sites excluding steroid dienone is 2. The smallest absolute Gasteiger partial charge is 0.245 e. The van der Waals surface area contributed by atoms with Gasteiger partial charge in [-0.25, -0.2) is 0 Å². The number of amides is 2. The molecule has 0 aromatic rings. The summed E-state index contributed by atoms with van der Waals surface area (Å²) in [4.78, 5) is 28.5. The van der Waals surface area contributed by atoms with Gasteiger partial charge in [-0.1, -0.05) is 25.7 Å². The molecule has 1 aliphatic heterocycles. The minimum atomic E-state index is 0.00392. The summed E-state index contributed by atoms with van der Waals surface area (Å²) in [5.41, 5.74) is 0. The van der Waals surface area contributed by atoms with Gasteiger partial charge < -0.3 is 9.80 Å². The van der Waals surface area contributed by atoms with E-state index in [2.05, 4.69) is 30.6 Å². The standard InChI is InChI=1S/C18H28N2O2/c1-3-12-20(18(22)15-8-6-5-7-9-15)16-10-13-19(14-11-16)17(21)4-2/h4-6,15-16H,2-3,7-14H2,1H3/t15-/m1/s1. The second-order valence-electron chi connectivity index (χ2n) is 6.27. The average Bonchev–Trinajstić information content (AvgIpc) is 2.59. The highest BCUT2D eigenvalue weighted by Gasteiger charge is 2.31. The van der Waals surface area contributed by atoms with Crippen molar-refractivity contribution in [3.05, 3.63) is 24.8 Å². The monoisotopic (exact) mass is 304 g/mol. The van der Waals surface area contributed by atoms with E-state index in [-0.39, 0.29) is 17.9 Å². The number of piperidine rings is 1. The van der Waals surface area contributed by atoms with Crippen molar-refractivity contribution >= 4 is 11.8 Å². The molecule has 1 heterocycles. The summed E-state index contributed by atoms with van der Waals surface area (Å²) >= 11 is 0. The lowest BCUT2D eigenvalue weighted by Gasteiger charge is -2.40. The Morgan fingerprint density at radius 3 is 2.55 bits per heavy atom. The van der Waals surface area contributed by atoms with Crippen molar-refractivity contribution in [1.29, 1.82) is 0 Å². The molecule has 0 unspecified atom stereocenters. The normalized spacial score (nSPS) is 22.4. The first-order valence-electron chi connectivity index (χ1n) is 8.54.